The van der Waals surface area contributed by atoms with Gasteiger partial charge in [-0.25, -0.2) is 4.98 Å². The van der Waals surface area contributed by atoms with E-state index in [1.165, 1.54) is 0 Å². The van der Waals surface area contributed by atoms with Gasteiger partial charge in [-0.3, -0.25) is 15.3 Å². The van der Waals surface area contributed by atoms with Crippen LogP contribution in [0.4, 0.5) is 5.69 Å². The van der Waals surface area contributed by atoms with E-state index in [1.54, 1.807) is 12.4 Å². The van der Waals surface area contributed by atoms with E-state index >= 15 is 0 Å². The molecule has 0 aliphatic carbocycles. The van der Waals surface area contributed by atoms with Crippen molar-refractivity contribution in [3.8, 4) is 11.3 Å². The van der Waals surface area contributed by atoms with Gasteiger partial charge in [-0.05, 0) is 26.0 Å². The summed E-state index contributed by atoms with van der Waals surface area (Å²) in [6.45, 7) is 6.42. The van der Waals surface area contributed by atoms with Crippen LogP contribution < -0.4 is 10.2 Å². The summed E-state index contributed by atoms with van der Waals surface area (Å²) in [5.41, 5.74) is 4.44. The van der Waals surface area contributed by atoms with Crippen LogP contribution in [0.5, 0.6) is 0 Å². The number of aliphatic imine (C=N–C) groups is 1. The molecule has 4 atom stereocenters. The van der Waals surface area contributed by atoms with E-state index < -0.39 is 0 Å². The highest BCUT2D eigenvalue weighted by atomic mass is 35.5. The zero-order valence-corrected chi connectivity index (χ0v) is 18.1. The van der Waals surface area contributed by atoms with Crippen molar-refractivity contribution in [2.45, 2.75) is 38.5 Å². The number of pyridine rings is 2. The lowest BCUT2D eigenvalue weighted by Gasteiger charge is -2.55. The fourth-order valence-electron chi connectivity index (χ4n) is 5.54. The minimum absolute atomic E-state index is 0.0251. The quantitative estimate of drug-likeness (QED) is 0.624. The SMILES string of the molecule is C[C@@H]1CN2c3c(nc4c(-c5ccncc5)noc4c3Cl)CC3(C=NCNC3)[C@H]2[C@H](C)O1. The predicted molar refractivity (Wildman–Crippen MR) is 119 cm³/mol. The Morgan fingerprint density at radius 1 is 1.26 bits per heavy atom. The number of anilines is 1. The molecular formula is C22H23ClN6O2. The third kappa shape index (κ3) is 2.82. The first-order valence-electron chi connectivity index (χ1n) is 10.6. The van der Waals surface area contributed by atoms with Crippen LogP contribution >= 0.6 is 11.6 Å². The van der Waals surface area contributed by atoms with Crippen molar-refractivity contribution in [2.75, 3.05) is 24.7 Å². The largest absolute Gasteiger partial charge is 0.372 e. The first-order valence-corrected chi connectivity index (χ1v) is 11.0. The zero-order chi connectivity index (χ0) is 21.2. The topological polar surface area (TPSA) is 88.7 Å². The highest BCUT2D eigenvalue weighted by Crippen LogP contribution is 2.49. The van der Waals surface area contributed by atoms with E-state index in [0.29, 0.717) is 28.5 Å². The van der Waals surface area contributed by atoms with Gasteiger partial charge in [-0.15, -0.1) is 0 Å². The number of ether oxygens (including phenoxy) is 1. The zero-order valence-electron chi connectivity index (χ0n) is 17.4. The van der Waals surface area contributed by atoms with Crippen molar-refractivity contribution in [1.29, 1.82) is 0 Å². The second-order valence-corrected chi connectivity index (χ2v) is 9.10. The number of morpholine rings is 1. The number of hydrogen-bond donors (Lipinski definition) is 1. The fraction of sp³-hybridized carbons (Fsp3) is 0.455. The number of aromatic nitrogens is 3. The van der Waals surface area contributed by atoms with E-state index in [9.17, 15) is 0 Å². The standard InChI is InChI=1S/C22H23ClN6O2/c1-12-8-29-19-15(7-22(9-25-11-26-10-22)21(29)13(2)30-12)27-18-17(14-3-5-24-6-4-14)28-31-20(18)16(19)23/h3-6,9,12-13,21,26H,7-8,10-11H2,1-2H3/t12-,13+,21-,22?/m1/s1. The number of nitrogens with zero attached hydrogens (tertiary/aromatic N) is 5. The molecule has 0 aromatic carbocycles. The summed E-state index contributed by atoms with van der Waals surface area (Å²) in [5, 5.41) is 8.31. The molecule has 0 saturated carbocycles. The molecule has 160 valence electrons. The summed E-state index contributed by atoms with van der Waals surface area (Å²) >= 11 is 6.99. The number of rotatable bonds is 1. The third-order valence-electron chi connectivity index (χ3n) is 6.61. The lowest BCUT2D eigenvalue weighted by atomic mass is 9.70. The van der Waals surface area contributed by atoms with Crippen molar-refractivity contribution in [1.82, 2.24) is 20.4 Å². The molecule has 31 heavy (non-hydrogen) atoms. The Balaban J connectivity index is 1.58. The third-order valence-corrected chi connectivity index (χ3v) is 6.96. The summed E-state index contributed by atoms with van der Waals surface area (Å²) in [6, 6.07) is 3.90. The van der Waals surface area contributed by atoms with Gasteiger partial charge < -0.3 is 14.2 Å². The average Bonchev–Trinajstić information content (AvgIpc) is 3.18. The Bertz CT molecular complexity index is 1180. The van der Waals surface area contributed by atoms with E-state index in [0.717, 1.165) is 36.5 Å². The number of halogens is 1. The molecule has 0 bridgehead atoms. The molecule has 3 aromatic heterocycles. The van der Waals surface area contributed by atoms with Crippen LogP contribution in [0.25, 0.3) is 22.4 Å². The highest BCUT2D eigenvalue weighted by Gasteiger charge is 2.53. The Morgan fingerprint density at radius 3 is 2.87 bits per heavy atom. The van der Waals surface area contributed by atoms with Gasteiger partial charge in [0.2, 0.25) is 5.58 Å². The molecule has 6 rings (SSSR count). The molecule has 6 heterocycles. The smallest absolute Gasteiger partial charge is 0.206 e. The molecular weight excluding hydrogens is 416 g/mol. The molecule has 0 amide bonds. The van der Waals surface area contributed by atoms with Crippen LogP contribution in [0.2, 0.25) is 5.02 Å². The number of nitrogens with one attached hydrogen (secondary N) is 1. The van der Waals surface area contributed by atoms with E-state index in [-0.39, 0.29) is 23.7 Å². The molecule has 8 nitrogen and oxygen atoms in total. The van der Waals surface area contributed by atoms with Crippen LogP contribution in [0.3, 0.4) is 0 Å². The van der Waals surface area contributed by atoms with Gasteiger partial charge in [0.05, 0.1) is 36.3 Å². The van der Waals surface area contributed by atoms with Gasteiger partial charge in [0.1, 0.15) is 16.2 Å². The maximum absolute atomic E-state index is 6.99. The van der Waals surface area contributed by atoms with Gasteiger partial charge in [0.15, 0.2) is 0 Å². The molecule has 1 unspecified atom stereocenters. The molecule has 3 aromatic rings. The molecule has 0 radical (unpaired) electrons. The second-order valence-electron chi connectivity index (χ2n) is 8.72. The Labute approximate surface area is 184 Å². The van der Waals surface area contributed by atoms with Crippen molar-refractivity contribution >= 4 is 34.6 Å². The molecule has 1 saturated heterocycles. The summed E-state index contributed by atoms with van der Waals surface area (Å²) in [5.74, 6) is 0. The molecule has 1 fully saturated rings. The number of hydrogen-bond acceptors (Lipinski definition) is 8. The van der Waals surface area contributed by atoms with E-state index in [4.69, 9.17) is 25.8 Å². The first kappa shape index (κ1) is 19.2. The van der Waals surface area contributed by atoms with Gasteiger partial charge in [-0.1, -0.05) is 16.8 Å². The molecule has 3 aliphatic rings. The Kier molecular flexibility index (Phi) is 4.31. The van der Waals surface area contributed by atoms with E-state index in [2.05, 4.69) is 45.4 Å². The van der Waals surface area contributed by atoms with Crippen LogP contribution in [0, 0.1) is 5.41 Å². The second kappa shape index (κ2) is 6.98. The van der Waals surface area contributed by atoms with Crippen LogP contribution in [-0.4, -0.2) is 59.3 Å². The van der Waals surface area contributed by atoms with Crippen molar-refractivity contribution in [3.63, 3.8) is 0 Å². The Hall–Kier alpha value is -2.55. The van der Waals surface area contributed by atoms with Crippen LogP contribution in [0.1, 0.15) is 19.5 Å². The molecule has 1 N–H and O–H groups in total. The monoisotopic (exact) mass is 438 g/mol. The van der Waals surface area contributed by atoms with Crippen molar-refractivity contribution < 1.29 is 9.26 Å². The normalized spacial score (nSPS) is 29.9. The molecule has 1 spiro atoms. The lowest BCUT2D eigenvalue weighted by Crippen LogP contribution is -2.67. The summed E-state index contributed by atoms with van der Waals surface area (Å²) in [6.07, 6.45) is 6.40. The minimum Gasteiger partial charge on any atom is -0.372 e. The lowest BCUT2D eigenvalue weighted by molar-refractivity contribution is -0.0522. The first-order chi connectivity index (χ1) is 15.1. The predicted octanol–water partition coefficient (Wildman–Crippen LogP) is 3.09. The average molecular weight is 439 g/mol. The van der Waals surface area contributed by atoms with Crippen molar-refractivity contribution in [3.05, 3.63) is 35.2 Å². The highest BCUT2D eigenvalue weighted by molar-refractivity contribution is 6.38. The van der Waals surface area contributed by atoms with Gasteiger partial charge in [0.25, 0.3) is 0 Å². The van der Waals surface area contributed by atoms with Crippen LogP contribution in [-0.2, 0) is 11.2 Å². The maximum Gasteiger partial charge on any atom is 0.206 e. The summed E-state index contributed by atoms with van der Waals surface area (Å²) in [4.78, 5) is 16.1. The molecule has 9 heteroatoms. The van der Waals surface area contributed by atoms with E-state index in [1.807, 2.05) is 12.1 Å². The Morgan fingerprint density at radius 2 is 2.10 bits per heavy atom. The van der Waals surface area contributed by atoms with Crippen molar-refractivity contribution in [2.24, 2.45) is 10.4 Å². The number of fused-ring (bicyclic) bond motifs is 5. The minimum atomic E-state index is -0.219. The van der Waals surface area contributed by atoms with Gasteiger partial charge >= 0.3 is 0 Å². The van der Waals surface area contributed by atoms with Gasteiger partial charge in [0, 0.05) is 49.1 Å². The van der Waals surface area contributed by atoms with Crippen LogP contribution in [0.15, 0.2) is 34.0 Å². The maximum atomic E-state index is 6.99. The summed E-state index contributed by atoms with van der Waals surface area (Å²) < 4.78 is 12.0. The molecule has 3 aliphatic heterocycles. The van der Waals surface area contributed by atoms with Gasteiger partial charge in [-0.2, -0.15) is 0 Å². The summed E-state index contributed by atoms with van der Waals surface area (Å²) in [7, 11) is 0. The fourth-order valence-corrected chi connectivity index (χ4v) is 5.88.